The molecule has 0 aliphatic carbocycles. The summed E-state index contributed by atoms with van der Waals surface area (Å²) < 4.78 is 40.9. The van der Waals surface area contributed by atoms with Crippen molar-refractivity contribution >= 4 is 46.1 Å². The predicted octanol–water partition coefficient (Wildman–Crippen LogP) is 3.01. The van der Waals surface area contributed by atoms with E-state index in [2.05, 4.69) is 27.2 Å². The van der Waals surface area contributed by atoms with Gasteiger partial charge in [-0.1, -0.05) is 0 Å². The van der Waals surface area contributed by atoms with Gasteiger partial charge >= 0.3 is 0 Å². The standard InChI is InChI=1S/C25H30FN5O3S2/c1-18(31-12-2-3-19-17-20(26)4-9-23(19)31)25(32)30-15-13-29(14-16-30)21-5-7-22(8-6-21)36(33,34)28-24(35)10-11-27/h4-11,17-18,27-28,35H,2-3,12-16H2,1H3/b24-10-,27-11?/t18-/m1/s1. The number of sulfonamides is 1. The highest BCUT2D eigenvalue weighted by atomic mass is 32.2. The smallest absolute Gasteiger partial charge is 0.262 e. The molecular formula is C25H30FN5O3S2. The summed E-state index contributed by atoms with van der Waals surface area (Å²) in [5.41, 5.74) is 2.76. The molecule has 1 fully saturated rings. The first-order chi connectivity index (χ1) is 17.2. The van der Waals surface area contributed by atoms with E-state index in [4.69, 9.17) is 5.41 Å². The minimum atomic E-state index is -3.79. The number of benzene rings is 2. The molecule has 192 valence electrons. The van der Waals surface area contributed by atoms with Crippen molar-refractivity contribution < 1.29 is 17.6 Å². The number of amides is 1. The Balaban J connectivity index is 1.37. The van der Waals surface area contributed by atoms with Crippen LogP contribution in [0.15, 0.2) is 58.5 Å². The molecule has 2 aliphatic rings. The fraction of sp³-hybridized carbons (Fsp3) is 0.360. The number of thiol groups is 1. The quantitative estimate of drug-likeness (QED) is 0.377. The first-order valence-electron chi connectivity index (χ1n) is 11.8. The van der Waals surface area contributed by atoms with Gasteiger partial charge in [-0.25, -0.2) is 12.8 Å². The highest BCUT2D eigenvalue weighted by Crippen LogP contribution is 2.30. The number of carbonyl (C=O) groups is 1. The third kappa shape index (κ3) is 5.67. The largest absolute Gasteiger partial charge is 0.368 e. The number of anilines is 2. The molecule has 8 nitrogen and oxygen atoms in total. The van der Waals surface area contributed by atoms with E-state index in [0.717, 1.165) is 42.5 Å². The number of fused-ring (bicyclic) bond motifs is 1. The molecule has 0 aromatic heterocycles. The third-order valence-corrected chi connectivity index (χ3v) is 8.40. The molecule has 2 aromatic carbocycles. The Hall–Kier alpha value is -3.05. The number of carbonyl (C=O) groups excluding carboxylic acids is 1. The van der Waals surface area contributed by atoms with Gasteiger partial charge in [0.25, 0.3) is 10.0 Å². The van der Waals surface area contributed by atoms with Crippen LogP contribution in [0.1, 0.15) is 18.9 Å². The number of nitrogens with one attached hydrogen (secondary N) is 2. The van der Waals surface area contributed by atoms with Crippen molar-refractivity contribution in [1.82, 2.24) is 9.62 Å². The fourth-order valence-corrected chi connectivity index (χ4v) is 6.12. The van der Waals surface area contributed by atoms with E-state index in [-0.39, 0.29) is 27.7 Å². The second-order valence-corrected chi connectivity index (χ2v) is 11.0. The van der Waals surface area contributed by atoms with Gasteiger partial charge in [0.2, 0.25) is 5.91 Å². The van der Waals surface area contributed by atoms with Crippen molar-refractivity contribution in [2.75, 3.05) is 42.5 Å². The van der Waals surface area contributed by atoms with Gasteiger partial charge < -0.3 is 20.1 Å². The van der Waals surface area contributed by atoms with Crippen LogP contribution >= 0.6 is 12.6 Å². The molecule has 0 saturated carbocycles. The average Bonchev–Trinajstić information content (AvgIpc) is 2.87. The van der Waals surface area contributed by atoms with Gasteiger partial charge in [0.1, 0.15) is 11.9 Å². The minimum Gasteiger partial charge on any atom is -0.368 e. The molecule has 2 aliphatic heterocycles. The number of piperazine rings is 1. The molecular weight excluding hydrogens is 501 g/mol. The maximum Gasteiger partial charge on any atom is 0.262 e. The fourth-order valence-electron chi connectivity index (χ4n) is 4.73. The first kappa shape index (κ1) is 26.0. The molecule has 0 bridgehead atoms. The van der Waals surface area contributed by atoms with Gasteiger partial charge in [-0.05, 0) is 73.9 Å². The van der Waals surface area contributed by atoms with Crippen LogP contribution < -0.4 is 14.5 Å². The number of hydrogen-bond donors (Lipinski definition) is 3. The summed E-state index contributed by atoms with van der Waals surface area (Å²) in [5, 5.41) is 7.07. The maximum absolute atomic E-state index is 13.7. The SMILES string of the molecule is C[C@H](C(=O)N1CCN(c2ccc(S(=O)(=O)N/C(S)=C/C=N)cc2)CC1)N1CCCc2cc(F)ccc21. The van der Waals surface area contributed by atoms with Crippen LogP contribution in [0, 0.1) is 11.2 Å². The molecule has 0 spiro atoms. The van der Waals surface area contributed by atoms with E-state index in [9.17, 15) is 17.6 Å². The second-order valence-electron chi connectivity index (χ2n) is 8.88. The molecule has 1 saturated heterocycles. The van der Waals surface area contributed by atoms with E-state index in [1.807, 2.05) is 11.8 Å². The Bertz CT molecular complexity index is 1260. The van der Waals surface area contributed by atoms with Crippen molar-refractivity contribution in [3.63, 3.8) is 0 Å². The summed E-state index contributed by atoms with van der Waals surface area (Å²) in [6.07, 6.45) is 3.89. The van der Waals surface area contributed by atoms with Gasteiger partial charge in [-0.2, -0.15) is 0 Å². The van der Waals surface area contributed by atoms with Crippen LogP contribution in [0.2, 0.25) is 0 Å². The lowest BCUT2D eigenvalue weighted by Gasteiger charge is -2.41. The molecule has 2 N–H and O–H groups in total. The highest BCUT2D eigenvalue weighted by molar-refractivity contribution is 7.91. The lowest BCUT2D eigenvalue weighted by atomic mass is 9.99. The lowest BCUT2D eigenvalue weighted by molar-refractivity contribution is -0.132. The Morgan fingerprint density at radius 2 is 1.81 bits per heavy atom. The average molecular weight is 532 g/mol. The number of rotatable bonds is 7. The predicted molar refractivity (Wildman–Crippen MR) is 143 cm³/mol. The Kier molecular flexibility index (Phi) is 7.89. The zero-order valence-electron chi connectivity index (χ0n) is 20.0. The molecule has 2 aromatic rings. The van der Waals surface area contributed by atoms with Gasteiger partial charge in [-0.15, -0.1) is 12.6 Å². The second kappa shape index (κ2) is 10.9. The van der Waals surface area contributed by atoms with Gasteiger partial charge in [0.05, 0.1) is 9.92 Å². The highest BCUT2D eigenvalue weighted by Gasteiger charge is 2.31. The summed E-state index contributed by atoms with van der Waals surface area (Å²) in [6.45, 7) is 5.06. The van der Waals surface area contributed by atoms with Crippen molar-refractivity contribution in [3.8, 4) is 0 Å². The summed E-state index contributed by atoms with van der Waals surface area (Å²) >= 11 is 4.01. The Morgan fingerprint density at radius 3 is 2.47 bits per heavy atom. The van der Waals surface area contributed by atoms with E-state index in [0.29, 0.717) is 26.2 Å². The summed E-state index contributed by atoms with van der Waals surface area (Å²) in [4.78, 5) is 19.5. The van der Waals surface area contributed by atoms with Crippen LogP contribution in [0.25, 0.3) is 0 Å². The molecule has 4 rings (SSSR count). The number of halogens is 1. The maximum atomic E-state index is 13.7. The van der Waals surface area contributed by atoms with E-state index >= 15 is 0 Å². The molecule has 1 amide bonds. The summed E-state index contributed by atoms with van der Waals surface area (Å²) in [6, 6.07) is 11.0. The molecule has 0 unspecified atom stereocenters. The number of nitrogens with zero attached hydrogens (tertiary/aromatic N) is 3. The Labute approximate surface area is 216 Å². The molecule has 2 heterocycles. The van der Waals surface area contributed by atoms with Gasteiger partial charge in [-0.3, -0.25) is 9.52 Å². The van der Waals surface area contributed by atoms with E-state index < -0.39 is 10.0 Å². The molecule has 0 radical (unpaired) electrons. The van der Waals surface area contributed by atoms with Crippen molar-refractivity contribution in [3.05, 3.63) is 65.0 Å². The zero-order chi connectivity index (χ0) is 25.9. The molecule has 36 heavy (non-hydrogen) atoms. The van der Waals surface area contributed by atoms with Gasteiger partial charge in [0, 0.05) is 50.3 Å². The van der Waals surface area contributed by atoms with Crippen LogP contribution in [0.3, 0.4) is 0 Å². The molecule has 1 atom stereocenters. The molecule has 11 heteroatoms. The minimum absolute atomic E-state index is 0.0554. The first-order valence-corrected chi connectivity index (χ1v) is 13.7. The summed E-state index contributed by atoms with van der Waals surface area (Å²) in [5.74, 6) is -0.196. The normalized spacial score (nSPS) is 17.4. The van der Waals surface area contributed by atoms with E-state index in [1.165, 1.54) is 24.3 Å². The number of hydrogen-bond acceptors (Lipinski definition) is 7. The van der Waals surface area contributed by atoms with Crippen LogP contribution in [-0.4, -0.2) is 64.2 Å². The van der Waals surface area contributed by atoms with Crippen molar-refractivity contribution in [2.24, 2.45) is 0 Å². The van der Waals surface area contributed by atoms with Crippen LogP contribution in [-0.2, 0) is 21.2 Å². The van der Waals surface area contributed by atoms with E-state index in [1.54, 1.807) is 24.3 Å². The number of allylic oxidation sites excluding steroid dienone is 1. The third-order valence-electron chi connectivity index (χ3n) is 6.60. The monoisotopic (exact) mass is 531 g/mol. The van der Waals surface area contributed by atoms with Crippen LogP contribution in [0.5, 0.6) is 0 Å². The van der Waals surface area contributed by atoms with Crippen molar-refractivity contribution in [1.29, 1.82) is 5.41 Å². The summed E-state index contributed by atoms with van der Waals surface area (Å²) in [7, 11) is -3.79. The van der Waals surface area contributed by atoms with Crippen LogP contribution in [0.4, 0.5) is 15.8 Å². The van der Waals surface area contributed by atoms with Gasteiger partial charge in [0.15, 0.2) is 0 Å². The lowest BCUT2D eigenvalue weighted by Crippen LogP contribution is -2.55. The zero-order valence-corrected chi connectivity index (χ0v) is 21.7. The topological polar surface area (TPSA) is 96.8 Å². The Morgan fingerprint density at radius 1 is 1.11 bits per heavy atom. The van der Waals surface area contributed by atoms with Crippen molar-refractivity contribution in [2.45, 2.75) is 30.7 Å². The number of aryl methyl sites for hydroxylation is 1.